The van der Waals surface area contributed by atoms with Crippen LogP contribution in [-0.2, 0) is 32.6 Å². The molecule has 1 fully saturated rings. The number of nitrogens with one attached hydrogen (secondary N) is 1. The molecule has 1 aliphatic carbocycles. The van der Waals surface area contributed by atoms with Gasteiger partial charge in [0.1, 0.15) is 31.6 Å². The first-order valence-corrected chi connectivity index (χ1v) is 18.1. The van der Waals surface area contributed by atoms with Crippen molar-refractivity contribution < 1.29 is 31.9 Å². The lowest BCUT2D eigenvalue weighted by Gasteiger charge is -2.34. The Morgan fingerprint density at radius 1 is 0.878 bits per heavy atom. The summed E-state index contributed by atoms with van der Waals surface area (Å²) in [5.74, 6) is -0.896. The molecule has 0 bridgehead atoms. The SMILES string of the molecule is O=C(NC1CCCC1)[C@@H](Cc1ccccc1)N(Cc1ccccc1Cl)C(=O)CN(c1ccc(F)cc1)S(=O)(=O)c1ccc2c(c1)OCCO2. The second-order valence-electron chi connectivity index (χ2n) is 12.1. The van der Waals surface area contributed by atoms with Crippen molar-refractivity contribution >= 4 is 39.1 Å². The van der Waals surface area contributed by atoms with Crippen molar-refractivity contribution in [3.8, 4) is 11.5 Å². The summed E-state index contributed by atoms with van der Waals surface area (Å²) in [4.78, 5) is 30.1. The van der Waals surface area contributed by atoms with E-state index in [0.717, 1.165) is 47.7 Å². The van der Waals surface area contributed by atoms with Crippen LogP contribution < -0.4 is 19.1 Å². The number of carbonyl (C=O) groups excluding carboxylic acids is 2. The van der Waals surface area contributed by atoms with Crippen LogP contribution in [0.1, 0.15) is 36.8 Å². The Bertz CT molecular complexity index is 1890. The quantitative estimate of drug-likeness (QED) is 0.190. The maximum atomic E-state index is 14.7. The summed E-state index contributed by atoms with van der Waals surface area (Å²) in [5, 5.41) is 3.54. The third-order valence-corrected chi connectivity index (χ3v) is 10.9. The van der Waals surface area contributed by atoms with Crippen LogP contribution in [0.25, 0.3) is 0 Å². The molecule has 4 aromatic carbocycles. The van der Waals surface area contributed by atoms with E-state index in [4.69, 9.17) is 21.1 Å². The smallest absolute Gasteiger partial charge is 0.264 e. The Balaban J connectivity index is 1.40. The molecule has 0 radical (unpaired) electrons. The fraction of sp³-hybridized carbons (Fsp3) is 0.297. The summed E-state index contributed by atoms with van der Waals surface area (Å²) >= 11 is 6.58. The molecular weight excluding hydrogens is 669 g/mol. The second kappa shape index (κ2) is 15.3. The van der Waals surface area contributed by atoms with Gasteiger partial charge in [0.15, 0.2) is 11.5 Å². The van der Waals surface area contributed by atoms with E-state index >= 15 is 0 Å². The number of hydrogen-bond acceptors (Lipinski definition) is 6. The van der Waals surface area contributed by atoms with Gasteiger partial charge in [-0.15, -0.1) is 0 Å². The van der Waals surface area contributed by atoms with E-state index < -0.39 is 34.3 Å². The van der Waals surface area contributed by atoms with Crippen molar-refractivity contribution in [1.82, 2.24) is 10.2 Å². The molecule has 1 saturated carbocycles. The minimum Gasteiger partial charge on any atom is -0.486 e. The molecule has 1 N–H and O–H groups in total. The molecule has 1 heterocycles. The van der Waals surface area contributed by atoms with Gasteiger partial charge in [0.05, 0.1) is 10.6 Å². The standard InChI is InChI=1S/C37H37ClFN3O6S/c38-32-13-7-4-10-27(32)24-41(33(22-26-8-2-1-3-9-26)37(44)40-29-11-5-6-12-29)36(43)25-42(30-16-14-28(39)15-17-30)49(45,46)31-18-19-34-35(23-31)48-21-20-47-34/h1-4,7-10,13-19,23,29,33H,5-6,11-12,20-22,24-25H2,(H,40,44)/t33-/m1/s1. The molecule has 6 rings (SSSR count). The van der Waals surface area contributed by atoms with Crippen LogP contribution in [0.2, 0.25) is 5.02 Å². The lowest BCUT2D eigenvalue weighted by atomic mass is 10.0. The molecule has 12 heteroatoms. The third-order valence-electron chi connectivity index (χ3n) is 8.77. The Morgan fingerprint density at radius 2 is 1.55 bits per heavy atom. The number of ether oxygens (including phenoxy) is 2. The second-order valence-corrected chi connectivity index (χ2v) is 14.4. The number of sulfonamides is 1. The molecule has 9 nitrogen and oxygen atoms in total. The lowest BCUT2D eigenvalue weighted by Crippen LogP contribution is -2.54. The summed E-state index contributed by atoms with van der Waals surface area (Å²) in [7, 11) is -4.43. The number of rotatable bonds is 12. The molecule has 1 aliphatic heterocycles. The Hall–Kier alpha value is -4.61. The molecule has 256 valence electrons. The fourth-order valence-corrected chi connectivity index (χ4v) is 7.80. The van der Waals surface area contributed by atoms with Crippen molar-refractivity contribution in [2.75, 3.05) is 24.1 Å². The topological polar surface area (TPSA) is 105 Å². The number of nitrogens with zero attached hydrogens (tertiary/aromatic N) is 2. The average molecular weight is 706 g/mol. The summed E-state index contributed by atoms with van der Waals surface area (Å²) < 4.78 is 54.9. The van der Waals surface area contributed by atoms with Gasteiger partial charge >= 0.3 is 0 Å². The average Bonchev–Trinajstić information content (AvgIpc) is 3.63. The molecular formula is C37H37ClFN3O6S. The maximum absolute atomic E-state index is 14.7. The molecule has 1 atom stereocenters. The number of benzene rings is 4. The minimum absolute atomic E-state index is 0.0191. The first kappa shape index (κ1) is 34.3. The number of carbonyl (C=O) groups is 2. The molecule has 49 heavy (non-hydrogen) atoms. The van der Waals surface area contributed by atoms with Gasteiger partial charge in [-0.2, -0.15) is 0 Å². The highest BCUT2D eigenvalue weighted by Crippen LogP contribution is 2.34. The van der Waals surface area contributed by atoms with Gasteiger partial charge in [-0.05, 0) is 66.4 Å². The van der Waals surface area contributed by atoms with Crippen molar-refractivity contribution in [2.24, 2.45) is 0 Å². The number of fused-ring (bicyclic) bond motifs is 1. The summed E-state index contributed by atoms with van der Waals surface area (Å²) in [6, 6.07) is 24.4. The van der Waals surface area contributed by atoms with Gasteiger partial charge in [-0.1, -0.05) is 73.0 Å². The van der Waals surface area contributed by atoms with E-state index in [9.17, 15) is 22.4 Å². The van der Waals surface area contributed by atoms with E-state index in [1.807, 2.05) is 30.3 Å². The largest absolute Gasteiger partial charge is 0.486 e. The van der Waals surface area contributed by atoms with E-state index in [2.05, 4.69) is 5.32 Å². The monoisotopic (exact) mass is 705 g/mol. The molecule has 4 aromatic rings. The van der Waals surface area contributed by atoms with E-state index in [-0.39, 0.29) is 47.9 Å². The zero-order valence-electron chi connectivity index (χ0n) is 26.8. The summed E-state index contributed by atoms with van der Waals surface area (Å²) in [6.45, 7) is -0.168. The predicted molar refractivity (Wildman–Crippen MR) is 185 cm³/mol. The molecule has 0 spiro atoms. The van der Waals surface area contributed by atoms with E-state index in [1.165, 1.54) is 35.2 Å². The fourth-order valence-electron chi connectivity index (χ4n) is 6.18. The Labute approximate surface area is 290 Å². The lowest BCUT2D eigenvalue weighted by molar-refractivity contribution is -0.140. The number of amides is 2. The highest BCUT2D eigenvalue weighted by Gasteiger charge is 2.36. The molecule has 0 unspecified atom stereocenters. The molecule has 0 aromatic heterocycles. The summed E-state index contributed by atoms with van der Waals surface area (Å²) in [5.41, 5.74) is 1.48. The van der Waals surface area contributed by atoms with Crippen LogP contribution in [0, 0.1) is 5.82 Å². The third kappa shape index (κ3) is 8.17. The number of anilines is 1. The van der Waals surface area contributed by atoms with Crippen LogP contribution >= 0.6 is 11.6 Å². The highest BCUT2D eigenvalue weighted by atomic mass is 35.5. The minimum atomic E-state index is -4.43. The van der Waals surface area contributed by atoms with E-state index in [1.54, 1.807) is 24.3 Å². The van der Waals surface area contributed by atoms with E-state index in [0.29, 0.717) is 22.9 Å². The molecule has 0 saturated heterocycles. The molecule has 2 aliphatic rings. The molecule has 2 amide bonds. The van der Waals surface area contributed by atoms with Crippen molar-refractivity contribution in [3.05, 3.63) is 119 Å². The maximum Gasteiger partial charge on any atom is 0.264 e. The van der Waals surface area contributed by atoms with Crippen molar-refractivity contribution in [3.63, 3.8) is 0 Å². The van der Waals surface area contributed by atoms with Gasteiger partial charge in [-0.3, -0.25) is 13.9 Å². The van der Waals surface area contributed by atoms with Crippen LogP contribution in [0.3, 0.4) is 0 Å². The number of hydrogen-bond donors (Lipinski definition) is 1. The van der Waals surface area contributed by atoms with Gasteiger partial charge < -0.3 is 19.7 Å². The normalized spacial score (nSPS) is 15.0. The van der Waals surface area contributed by atoms with Gasteiger partial charge in [0.2, 0.25) is 11.8 Å². The van der Waals surface area contributed by atoms with Gasteiger partial charge in [0.25, 0.3) is 10.0 Å². The summed E-state index contributed by atoms with van der Waals surface area (Å²) in [6.07, 6.45) is 3.87. The van der Waals surface area contributed by atoms with Crippen LogP contribution in [0.15, 0.2) is 102 Å². The Kier molecular flexibility index (Phi) is 10.7. The predicted octanol–water partition coefficient (Wildman–Crippen LogP) is 6.14. The first-order valence-electron chi connectivity index (χ1n) is 16.2. The zero-order chi connectivity index (χ0) is 34.4. The van der Waals surface area contributed by atoms with Gasteiger partial charge in [0, 0.05) is 30.1 Å². The Morgan fingerprint density at radius 3 is 2.27 bits per heavy atom. The number of halogens is 2. The van der Waals surface area contributed by atoms with Gasteiger partial charge in [-0.25, -0.2) is 12.8 Å². The first-order chi connectivity index (χ1) is 23.7. The van der Waals surface area contributed by atoms with Crippen LogP contribution in [-0.4, -0.2) is 57.0 Å². The highest BCUT2D eigenvalue weighted by molar-refractivity contribution is 7.92. The van der Waals surface area contributed by atoms with Crippen molar-refractivity contribution in [1.29, 1.82) is 0 Å². The zero-order valence-corrected chi connectivity index (χ0v) is 28.3. The van der Waals surface area contributed by atoms with Crippen LogP contribution in [0.5, 0.6) is 11.5 Å². The van der Waals surface area contributed by atoms with Crippen LogP contribution in [0.4, 0.5) is 10.1 Å². The van der Waals surface area contributed by atoms with Crippen molar-refractivity contribution in [2.45, 2.75) is 55.6 Å².